The van der Waals surface area contributed by atoms with Crippen molar-refractivity contribution in [1.82, 2.24) is 0 Å². The van der Waals surface area contributed by atoms with Crippen LogP contribution in [0.2, 0.25) is 0 Å². The Bertz CT molecular complexity index is 95.1. The highest BCUT2D eigenvalue weighted by Gasteiger charge is 2.50. The summed E-state index contributed by atoms with van der Waals surface area (Å²) in [5.41, 5.74) is 0. The third-order valence-electron chi connectivity index (χ3n) is 2.53. The molecule has 2 bridgehead atoms. The summed E-state index contributed by atoms with van der Waals surface area (Å²) in [5.74, 6) is 0.880. The van der Waals surface area contributed by atoms with E-state index in [1.165, 1.54) is 0 Å². The molecular weight excluding hydrogens is 104 g/mol. The minimum Gasteiger partial charge on any atom is -0.390 e. The summed E-state index contributed by atoms with van der Waals surface area (Å²) in [4.78, 5) is 0. The minimum absolute atomic E-state index is 0.389. The average molecular weight is 114 g/mol. The predicted octanol–water partition coefficient (Wildman–Crippen LogP) is -0.252. The molecule has 3 aliphatic rings. The molecule has 0 saturated heterocycles. The molecule has 3 saturated carbocycles. The summed E-state index contributed by atoms with van der Waals surface area (Å²) in [6.45, 7) is 0. The molecule has 2 N–H and O–H groups in total. The predicted molar refractivity (Wildman–Crippen MR) is 28.2 cm³/mol. The number of rotatable bonds is 0. The molecule has 0 aromatic heterocycles. The first-order chi connectivity index (χ1) is 3.79. The van der Waals surface area contributed by atoms with Crippen LogP contribution in [0.25, 0.3) is 0 Å². The molecule has 0 amide bonds. The lowest BCUT2D eigenvalue weighted by Crippen LogP contribution is -2.19. The van der Waals surface area contributed by atoms with Gasteiger partial charge in [0.2, 0.25) is 0 Å². The third-order valence-corrected chi connectivity index (χ3v) is 2.53. The van der Waals surface area contributed by atoms with Crippen molar-refractivity contribution in [3.05, 3.63) is 0 Å². The largest absolute Gasteiger partial charge is 0.390 e. The van der Waals surface area contributed by atoms with Gasteiger partial charge in [-0.25, -0.2) is 0 Å². The van der Waals surface area contributed by atoms with Crippen LogP contribution in [-0.2, 0) is 0 Å². The van der Waals surface area contributed by atoms with Crippen LogP contribution in [0.1, 0.15) is 12.8 Å². The number of hydrogen-bond acceptors (Lipinski definition) is 2. The van der Waals surface area contributed by atoms with Gasteiger partial charge in [-0.15, -0.1) is 0 Å². The topological polar surface area (TPSA) is 40.5 Å². The molecule has 0 aromatic rings. The Morgan fingerprint density at radius 2 is 1.25 bits per heavy atom. The van der Waals surface area contributed by atoms with Crippen LogP contribution in [-0.4, -0.2) is 22.4 Å². The number of hydrogen-bond donors (Lipinski definition) is 2. The molecule has 2 nitrogen and oxygen atoms in total. The highest BCUT2D eigenvalue weighted by molar-refractivity contribution is 5.01. The van der Waals surface area contributed by atoms with Gasteiger partial charge in [-0.05, 0) is 24.7 Å². The summed E-state index contributed by atoms with van der Waals surface area (Å²) in [6, 6.07) is 0. The van der Waals surface area contributed by atoms with Crippen LogP contribution in [0.5, 0.6) is 0 Å². The Morgan fingerprint density at radius 1 is 0.875 bits per heavy atom. The molecule has 8 heavy (non-hydrogen) atoms. The average Bonchev–Trinajstić information content (AvgIpc) is 1.89. The number of fused-ring (bicyclic) bond motifs is 1. The molecule has 0 spiro atoms. The quantitative estimate of drug-likeness (QED) is 0.456. The second-order valence-electron chi connectivity index (χ2n) is 2.97. The lowest BCUT2D eigenvalue weighted by atomic mass is 9.84. The molecule has 46 valence electrons. The van der Waals surface area contributed by atoms with Crippen LogP contribution < -0.4 is 0 Å². The Kier molecular flexibility index (Phi) is 0.746. The van der Waals surface area contributed by atoms with Gasteiger partial charge < -0.3 is 10.2 Å². The molecule has 3 rings (SSSR count). The van der Waals surface area contributed by atoms with E-state index in [2.05, 4.69) is 0 Å². The van der Waals surface area contributed by atoms with Crippen molar-refractivity contribution in [3.63, 3.8) is 0 Å². The summed E-state index contributed by atoms with van der Waals surface area (Å²) in [5, 5.41) is 18.1. The zero-order valence-electron chi connectivity index (χ0n) is 4.62. The molecule has 2 atom stereocenters. The van der Waals surface area contributed by atoms with E-state index in [1.54, 1.807) is 0 Å². The van der Waals surface area contributed by atoms with Crippen LogP contribution >= 0.6 is 0 Å². The molecule has 0 heterocycles. The molecule has 3 aliphatic carbocycles. The molecule has 3 fully saturated rings. The van der Waals surface area contributed by atoms with Gasteiger partial charge in [0, 0.05) is 0 Å². The van der Waals surface area contributed by atoms with Crippen molar-refractivity contribution in [1.29, 1.82) is 0 Å². The summed E-state index contributed by atoms with van der Waals surface area (Å²) < 4.78 is 0. The highest BCUT2D eigenvalue weighted by atomic mass is 16.3. The second-order valence-corrected chi connectivity index (χ2v) is 2.97. The lowest BCUT2D eigenvalue weighted by Gasteiger charge is -2.21. The summed E-state index contributed by atoms with van der Waals surface area (Å²) >= 11 is 0. The monoisotopic (exact) mass is 114 g/mol. The SMILES string of the molecule is O[C@@H]1C2CC(C2)[C@@H]1O. The van der Waals surface area contributed by atoms with E-state index in [0.29, 0.717) is 11.8 Å². The molecule has 2 heteroatoms. The van der Waals surface area contributed by atoms with Crippen LogP contribution in [0.4, 0.5) is 0 Å². The molecule has 0 aromatic carbocycles. The Morgan fingerprint density at radius 3 is 1.38 bits per heavy atom. The van der Waals surface area contributed by atoms with Crippen molar-refractivity contribution in [3.8, 4) is 0 Å². The number of aliphatic hydroxyl groups is 2. The minimum atomic E-state index is -0.389. The fourth-order valence-corrected chi connectivity index (χ4v) is 1.82. The third kappa shape index (κ3) is 0.361. The van der Waals surface area contributed by atoms with Gasteiger partial charge in [-0.2, -0.15) is 0 Å². The molecule has 0 unspecified atom stereocenters. The summed E-state index contributed by atoms with van der Waals surface area (Å²) in [7, 11) is 0. The van der Waals surface area contributed by atoms with Gasteiger partial charge in [-0.1, -0.05) is 0 Å². The summed E-state index contributed by atoms with van der Waals surface area (Å²) in [6.07, 6.45) is 1.34. The normalized spacial score (nSPS) is 60.8. The van der Waals surface area contributed by atoms with Crippen LogP contribution in [0.15, 0.2) is 0 Å². The van der Waals surface area contributed by atoms with Crippen molar-refractivity contribution in [2.45, 2.75) is 25.0 Å². The van der Waals surface area contributed by atoms with E-state index in [9.17, 15) is 0 Å². The van der Waals surface area contributed by atoms with Gasteiger partial charge in [0.15, 0.2) is 0 Å². The Labute approximate surface area is 48.1 Å². The van der Waals surface area contributed by atoms with E-state index in [0.717, 1.165) is 12.8 Å². The second kappa shape index (κ2) is 1.25. The van der Waals surface area contributed by atoms with Gasteiger partial charge >= 0.3 is 0 Å². The van der Waals surface area contributed by atoms with Crippen molar-refractivity contribution in [2.75, 3.05) is 0 Å². The van der Waals surface area contributed by atoms with Gasteiger partial charge in [0.05, 0.1) is 12.2 Å². The molecule has 0 radical (unpaired) electrons. The van der Waals surface area contributed by atoms with Crippen molar-refractivity contribution in [2.24, 2.45) is 11.8 Å². The van der Waals surface area contributed by atoms with E-state index >= 15 is 0 Å². The van der Waals surface area contributed by atoms with E-state index in [-0.39, 0.29) is 12.2 Å². The first-order valence-corrected chi connectivity index (χ1v) is 3.15. The fourth-order valence-electron chi connectivity index (χ4n) is 1.82. The molecular formula is C6H10O2. The standard InChI is InChI=1S/C6H10O2/c7-5-3-1-4(2-3)6(5)8/h3-8H,1-2H2/t3?,4?,5-,6+. The van der Waals surface area contributed by atoms with Crippen LogP contribution in [0.3, 0.4) is 0 Å². The first kappa shape index (κ1) is 4.77. The first-order valence-electron chi connectivity index (χ1n) is 3.15. The maximum absolute atomic E-state index is 9.06. The van der Waals surface area contributed by atoms with Gasteiger partial charge in [0.25, 0.3) is 0 Å². The molecule has 0 aliphatic heterocycles. The zero-order valence-corrected chi connectivity index (χ0v) is 4.62. The lowest BCUT2D eigenvalue weighted by molar-refractivity contribution is 0.0396. The Hall–Kier alpha value is -0.0800. The fraction of sp³-hybridized carbons (Fsp3) is 1.00. The van der Waals surface area contributed by atoms with Gasteiger partial charge in [0.1, 0.15) is 0 Å². The van der Waals surface area contributed by atoms with Crippen molar-refractivity contribution < 1.29 is 10.2 Å². The van der Waals surface area contributed by atoms with Gasteiger partial charge in [-0.3, -0.25) is 0 Å². The maximum Gasteiger partial charge on any atom is 0.0830 e. The van der Waals surface area contributed by atoms with Crippen molar-refractivity contribution >= 4 is 0 Å². The Balaban J connectivity index is 2.16. The van der Waals surface area contributed by atoms with E-state index < -0.39 is 0 Å². The van der Waals surface area contributed by atoms with Crippen LogP contribution in [0, 0.1) is 11.8 Å². The maximum atomic E-state index is 9.06. The zero-order chi connectivity index (χ0) is 5.72. The van der Waals surface area contributed by atoms with E-state index in [1.807, 2.05) is 0 Å². The number of aliphatic hydroxyl groups excluding tert-OH is 2. The smallest absolute Gasteiger partial charge is 0.0830 e. The van der Waals surface area contributed by atoms with E-state index in [4.69, 9.17) is 10.2 Å². The highest BCUT2D eigenvalue weighted by Crippen LogP contribution is 2.48.